The maximum Gasteiger partial charge on any atom is 0.194 e. The van der Waals surface area contributed by atoms with Crippen LogP contribution in [0.1, 0.15) is 21.5 Å². The van der Waals surface area contributed by atoms with E-state index >= 15 is 0 Å². The number of carbonyl (C=O) groups excluding carboxylic acids is 1. The molecule has 0 atom stereocenters. The van der Waals surface area contributed by atoms with Gasteiger partial charge >= 0.3 is 0 Å². The van der Waals surface area contributed by atoms with Crippen molar-refractivity contribution >= 4 is 29.1 Å². The summed E-state index contributed by atoms with van der Waals surface area (Å²) in [5, 5.41) is 0.511. The lowest BCUT2D eigenvalue weighted by Crippen LogP contribution is -2.32. The molecule has 0 bridgehead atoms. The minimum atomic E-state index is 0.00702. The van der Waals surface area contributed by atoms with Crippen molar-refractivity contribution in [2.24, 2.45) is 0 Å². The smallest absolute Gasteiger partial charge is 0.194 e. The number of halogens is 1. The van der Waals surface area contributed by atoms with Crippen molar-refractivity contribution < 1.29 is 4.79 Å². The van der Waals surface area contributed by atoms with Crippen molar-refractivity contribution in [1.29, 1.82) is 0 Å². The number of ketones is 1. The van der Waals surface area contributed by atoms with Crippen LogP contribution < -0.4 is 0 Å². The molecular weight excluding hydrogens is 314 g/mol. The fourth-order valence-corrected chi connectivity index (χ4v) is 3.87. The zero-order valence-electron chi connectivity index (χ0n) is 12.3. The Balaban J connectivity index is 1.87. The fraction of sp³-hybridized carbons (Fsp3) is 0.278. The van der Waals surface area contributed by atoms with Crippen LogP contribution in [0.15, 0.2) is 48.5 Å². The lowest BCUT2D eigenvalue weighted by molar-refractivity contribution is 0.103. The highest BCUT2D eigenvalue weighted by molar-refractivity contribution is 7.99. The number of rotatable bonds is 4. The van der Waals surface area contributed by atoms with E-state index in [-0.39, 0.29) is 5.78 Å². The highest BCUT2D eigenvalue weighted by Gasteiger charge is 2.18. The molecular formula is C18H18ClNOS. The average molecular weight is 332 g/mol. The standard InChI is InChI=1S/C18H18ClNOS/c19-17-8-4-3-7-16(17)18(21)15-6-2-1-5-14(15)13-20-9-11-22-12-10-20/h1-8H,9-13H2. The molecule has 2 aromatic carbocycles. The molecule has 22 heavy (non-hydrogen) atoms. The molecule has 3 rings (SSSR count). The van der Waals surface area contributed by atoms with Gasteiger partial charge in [-0.25, -0.2) is 0 Å². The van der Waals surface area contributed by atoms with E-state index in [9.17, 15) is 4.79 Å². The van der Waals surface area contributed by atoms with Crippen LogP contribution in [0.2, 0.25) is 5.02 Å². The van der Waals surface area contributed by atoms with Gasteiger partial charge in [0.05, 0.1) is 5.02 Å². The Kier molecular flexibility index (Phi) is 5.19. The summed E-state index contributed by atoms with van der Waals surface area (Å²) in [5.41, 5.74) is 2.42. The van der Waals surface area contributed by atoms with Crippen molar-refractivity contribution in [1.82, 2.24) is 4.90 Å². The Bertz CT molecular complexity index is 668. The second-order valence-corrected chi connectivity index (χ2v) is 6.99. The maximum atomic E-state index is 12.8. The first-order chi connectivity index (χ1) is 10.8. The van der Waals surface area contributed by atoms with Crippen molar-refractivity contribution in [2.45, 2.75) is 6.54 Å². The first-order valence-electron chi connectivity index (χ1n) is 7.43. The van der Waals surface area contributed by atoms with Gasteiger partial charge in [0.1, 0.15) is 0 Å². The van der Waals surface area contributed by atoms with Crippen LogP contribution in [0.4, 0.5) is 0 Å². The second kappa shape index (κ2) is 7.32. The van der Waals surface area contributed by atoms with Gasteiger partial charge in [-0.2, -0.15) is 11.8 Å². The Labute approximate surface area is 140 Å². The van der Waals surface area contributed by atoms with Crippen molar-refractivity contribution in [3.63, 3.8) is 0 Å². The number of benzene rings is 2. The van der Waals surface area contributed by atoms with Crippen LogP contribution in [0, 0.1) is 0 Å². The molecule has 1 aliphatic rings. The molecule has 0 unspecified atom stereocenters. The Hall–Kier alpha value is -1.29. The molecule has 1 saturated heterocycles. The van der Waals surface area contributed by atoms with Crippen molar-refractivity contribution in [3.05, 3.63) is 70.2 Å². The molecule has 1 heterocycles. The topological polar surface area (TPSA) is 20.3 Å². The zero-order valence-corrected chi connectivity index (χ0v) is 13.9. The van der Waals surface area contributed by atoms with E-state index in [0.717, 1.165) is 30.8 Å². The predicted octanol–water partition coefficient (Wildman–Crippen LogP) is 4.12. The highest BCUT2D eigenvalue weighted by Crippen LogP contribution is 2.22. The number of nitrogens with zero attached hydrogens (tertiary/aromatic N) is 1. The number of thioether (sulfide) groups is 1. The largest absolute Gasteiger partial charge is 0.297 e. The van der Waals surface area contributed by atoms with Crippen LogP contribution in [0.3, 0.4) is 0 Å². The lowest BCUT2D eigenvalue weighted by Gasteiger charge is -2.26. The van der Waals surface area contributed by atoms with Crippen LogP contribution >= 0.6 is 23.4 Å². The molecule has 4 heteroatoms. The van der Waals surface area contributed by atoms with Gasteiger partial charge in [-0.1, -0.05) is 48.0 Å². The summed E-state index contributed by atoms with van der Waals surface area (Å²) in [4.78, 5) is 15.2. The van der Waals surface area contributed by atoms with Gasteiger partial charge in [-0.15, -0.1) is 0 Å². The summed E-state index contributed by atoms with van der Waals surface area (Å²) in [5.74, 6) is 2.34. The monoisotopic (exact) mass is 331 g/mol. The Morgan fingerprint density at radius 2 is 1.64 bits per heavy atom. The van der Waals surface area contributed by atoms with Gasteiger partial charge in [-0.05, 0) is 17.7 Å². The van der Waals surface area contributed by atoms with E-state index in [1.165, 1.54) is 11.5 Å². The third kappa shape index (κ3) is 3.54. The summed E-state index contributed by atoms with van der Waals surface area (Å²) in [6.45, 7) is 2.99. The molecule has 0 N–H and O–H groups in total. The van der Waals surface area contributed by atoms with Gasteiger partial charge in [0, 0.05) is 42.3 Å². The summed E-state index contributed by atoms with van der Waals surface area (Å²) in [7, 11) is 0. The zero-order chi connectivity index (χ0) is 15.4. The molecule has 0 spiro atoms. The third-order valence-corrected chi connectivity index (χ3v) is 5.15. The molecule has 1 aliphatic heterocycles. The lowest BCUT2D eigenvalue weighted by atomic mass is 9.98. The summed E-state index contributed by atoms with van der Waals surface area (Å²) in [6.07, 6.45) is 0. The summed E-state index contributed by atoms with van der Waals surface area (Å²) >= 11 is 8.17. The molecule has 1 fully saturated rings. The highest BCUT2D eigenvalue weighted by atomic mass is 35.5. The maximum absolute atomic E-state index is 12.8. The minimum absolute atomic E-state index is 0.00702. The predicted molar refractivity (Wildman–Crippen MR) is 93.9 cm³/mol. The molecule has 0 saturated carbocycles. The number of hydrogen-bond donors (Lipinski definition) is 0. The first kappa shape index (κ1) is 15.6. The Morgan fingerprint density at radius 3 is 2.36 bits per heavy atom. The van der Waals surface area contributed by atoms with Gasteiger partial charge in [-0.3, -0.25) is 9.69 Å². The van der Waals surface area contributed by atoms with E-state index < -0.39 is 0 Å². The number of hydrogen-bond acceptors (Lipinski definition) is 3. The van der Waals surface area contributed by atoms with Gasteiger partial charge in [0.2, 0.25) is 0 Å². The first-order valence-corrected chi connectivity index (χ1v) is 8.96. The van der Waals surface area contributed by atoms with Crippen LogP contribution in [0.25, 0.3) is 0 Å². The van der Waals surface area contributed by atoms with Crippen LogP contribution in [-0.4, -0.2) is 35.3 Å². The molecule has 0 radical (unpaired) electrons. The second-order valence-electron chi connectivity index (χ2n) is 5.35. The van der Waals surface area contributed by atoms with Crippen molar-refractivity contribution in [3.8, 4) is 0 Å². The molecule has 2 nitrogen and oxygen atoms in total. The Morgan fingerprint density at radius 1 is 1.00 bits per heavy atom. The average Bonchev–Trinajstić information content (AvgIpc) is 2.56. The van der Waals surface area contributed by atoms with Crippen molar-refractivity contribution in [2.75, 3.05) is 24.6 Å². The summed E-state index contributed by atoms with van der Waals surface area (Å²) < 4.78 is 0. The minimum Gasteiger partial charge on any atom is -0.297 e. The SMILES string of the molecule is O=C(c1ccccc1Cl)c1ccccc1CN1CCSCC1. The van der Waals surface area contributed by atoms with Gasteiger partial charge in [0.25, 0.3) is 0 Å². The van der Waals surface area contributed by atoms with E-state index in [1.807, 2.05) is 48.2 Å². The third-order valence-electron chi connectivity index (χ3n) is 3.88. The summed E-state index contributed by atoms with van der Waals surface area (Å²) in [6, 6.07) is 15.1. The van der Waals surface area contributed by atoms with E-state index in [4.69, 9.17) is 11.6 Å². The van der Waals surface area contributed by atoms with Crippen LogP contribution in [-0.2, 0) is 6.54 Å². The molecule has 0 amide bonds. The van der Waals surface area contributed by atoms with E-state index in [0.29, 0.717) is 10.6 Å². The van der Waals surface area contributed by atoms with Gasteiger partial charge < -0.3 is 0 Å². The molecule has 0 aromatic heterocycles. The number of carbonyl (C=O) groups is 1. The fourth-order valence-electron chi connectivity index (χ4n) is 2.67. The quantitative estimate of drug-likeness (QED) is 0.786. The molecule has 114 valence electrons. The van der Waals surface area contributed by atoms with E-state index in [1.54, 1.807) is 12.1 Å². The van der Waals surface area contributed by atoms with Gasteiger partial charge in [0.15, 0.2) is 5.78 Å². The van der Waals surface area contributed by atoms with E-state index in [2.05, 4.69) is 4.90 Å². The van der Waals surface area contributed by atoms with Crippen LogP contribution in [0.5, 0.6) is 0 Å². The normalized spacial score (nSPS) is 15.7. The molecule has 2 aromatic rings. The molecule has 0 aliphatic carbocycles.